The quantitative estimate of drug-likeness (QED) is 0.894. The van der Waals surface area contributed by atoms with E-state index in [1.807, 2.05) is 30.3 Å². The molecule has 1 N–H and O–H groups in total. The predicted octanol–water partition coefficient (Wildman–Crippen LogP) is 2.42. The summed E-state index contributed by atoms with van der Waals surface area (Å²) in [4.78, 5) is 1.68. The summed E-state index contributed by atoms with van der Waals surface area (Å²) in [7, 11) is -3.44. The van der Waals surface area contributed by atoms with E-state index >= 15 is 0 Å². The molecule has 5 heteroatoms. The van der Waals surface area contributed by atoms with Crippen molar-refractivity contribution in [2.75, 3.05) is 19.8 Å². The standard InChI is InChI=1S/C21H28N2O2S/c1-21(2,3)19-10-12-20(13-11-19)26(24,25)23-15-7-14-22(17-23)16-18-8-5-4-6-9-18/h4-6,8-13H,7,14-17H2,1-3H3/p+1. The van der Waals surface area contributed by atoms with E-state index in [0.717, 1.165) is 25.1 Å². The molecule has 0 spiro atoms. The number of benzene rings is 2. The van der Waals surface area contributed by atoms with Gasteiger partial charge in [-0.3, -0.25) is 0 Å². The Morgan fingerprint density at radius 1 is 1.00 bits per heavy atom. The van der Waals surface area contributed by atoms with Crippen molar-refractivity contribution in [3.05, 3.63) is 65.7 Å². The van der Waals surface area contributed by atoms with Crippen LogP contribution >= 0.6 is 0 Å². The largest absolute Gasteiger partial charge is 0.318 e. The molecule has 1 saturated heterocycles. The van der Waals surface area contributed by atoms with E-state index in [0.29, 0.717) is 18.1 Å². The van der Waals surface area contributed by atoms with Crippen molar-refractivity contribution in [3.8, 4) is 0 Å². The van der Waals surface area contributed by atoms with Crippen LogP contribution in [-0.2, 0) is 22.0 Å². The average molecular weight is 374 g/mol. The van der Waals surface area contributed by atoms with Gasteiger partial charge in [-0.15, -0.1) is 4.31 Å². The van der Waals surface area contributed by atoms with Gasteiger partial charge < -0.3 is 4.90 Å². The summed E-state index contributed by atoms with van der Waals surface area (Å²) in [5, 5.41) is 0. The molecular formula is C21H29N2O2S+. The highest BCUT2D eigenvalue weighted by Crippen LogP contribution is 2.24. The molecule has 2 aromatic rings. The van der Waals surface area contributed by atoms with Gasteiger partial charge in [-0.25, -0.2) is 8.42 Å². The Morgan fingerprint density at radius 3 is 2.27 bits per heavy atom. The summed E-state index contributed by atoms with van der Waals surface area (Å²) in [6.07, 6.45) is 0.890. The molecule has 1 unspecified atom stereocenters. The minimum Gasteiger partial charge on any atom is -0.318 e. The normalized spacial score (nSPS) is 19.4. The molecule has 1 atom stereocenters. The molecule has 2 aromatic carbocycles. The maximum absolute atomic E-state index is 13.1. The van der Waals surface area contributed by atoms with Crippen LogP contribution in [0.5, 0.6) is 0 Å². The van der Waals surface area contributed by atoms with Crippen molar-refractivity contribution in [2.24, 2.45) is 0 Å². The van der Waals surface area contributed by atoms with E-state index in [9.17, 15) is 8.42 Å². The fourth-order valence-corrected chi connectivity index (χ4v) is 4.92. The first kappa shape index (κ1) is 19.1. The molecule has 0 amide bonds. The molecule has 0 radical (unpaired) electrons. The van der Waals surface area contributed by atoms with Crippen molar-refractivity contribution in [2.45, 2.75) is 44.0 Å². The van der Waals surface area contributed by atoms with Gasteiger partial charge in [0.25, 0.3) is 0 Å². The zero-order valence-electron chi connectivity index (χ0n) is 15.9. The minimum atomic E-state index is -3.44. The third-order valence-electron chi connectivity index (χ3n) is 4.99. The molecular weight excluding hydrogens is 344 g/mol. The van der Waals surface area contributed by atoms with Crippen LogP contribution in [0.3, 0.4) is 0 Å². The average Bonchev–Trinajstić information content (AvgIpc) is 2.62. The van der Waals surface area contributed by atoms with Gasteiger partial charge in [-0.2, -0.15) is 0 Å². The molecule has 1 aliphatic rings. The smallest absolute Gasteiger partial charge is 0.247 e. The molecule has 1 fully saturated rings. The zero-order chi connectivity index (χ0) is 18.8. The highest BCUT2D eigenvalue weighted by molar-refractivity contribution is 7.89. The molecule has 140 valence electrons. The number of nitrogens with one attached hydrogen (secondary N) is 1. The minimum absolute atomic E-state index is 0.0179. The lowest BCUT2D eigenvalue weighted by atomic mass is 9.87. The molecule has 4 nitrogen and oxygen atoms in total. The van der Waals surface area contributed by atoms with Gasteiger partial charge in [0.1, 0.15) is 13.2 Å². The topological polar surface area (TPSA) is 41.8 Å². The van der Waals surface area contributed by atoms with Gasteiger partial charge in [-0.05, 0) is 23.1 Å². The molecule has 0 aliphatic carbocycles. The third kappa shape index (κ3) is 4.34. The number of hydrogen-bond acceptors (Lipinski definition) is 2. The summed E-state index contributed by atoms with van der Waals surface area (Å²) >= 11 is 0. The first-order valence-electron chi connectivity index (χ1n) is 9.25. The van der Waals surface area contributed by atoms with Crippen LogP contribution in [0.4, 0.5) is 0 Å². The first-order valence-corrected chi connectivity index (χ1v) is 10.7. The molecule has 0 aromatic heterocycles. The monoisotopic (exact) mass is 373 g/mol. The van der Waals surface area contributed by atoms with Crippen LogP contribution in [-0.4, -0.2) is 32.5 Å². The zero-order valence-corrected chi connectivity index (χ0v) is 16.7. The fraction of sp³-hybridized carbons (Fsp3) is 0.429. The lowest BCUT2D eigenvalue weighted by Crippen LogP contribution is -3.13. The van der Waals surface area contributed by atoms with Gasteiger partial charge in [0.2, 0.25) is 10.0 Å². The number of nitrogens with zero attached hydrogens (tertiary/aromatic N) is 1. The first-order chi connectivity index (χ1) is 12.3. The third-order valence-corrected chi connectivity index (χ3v) is 6.85. The van der Waals surface area contributed by atoms with E-state index in [2.05, 4.69) is 32.9 Å². The van der Waals surface area contributed by atoms with Crippen LogP contribution in [0.2, 0.25) is 0 Å². The lowest BCUT2D eigenvalue weighted by Gasteiger charge is -2.32. The lowest BCUT2D eigenvalue weighted by molar-refractivity contribution is -0.927. The Balaban J connectivity index is 1.74. The van der Waals surface area contributed by atoms with Gasteiger partial charge in [-0.1, -0.05) is 63.2 Å². The Hall–Kier alpha value is -1.69. The second kappa shape index (κ2) is 7.51. The Kier molecular flexibility index (Phi) is 5.51. The summed E-state index contributed by atoms with van der Waals surface area (Å²) in [6.45, 7) is 9.38. The van der Waals surface area contributed by atoms with E-state index in [4.69, 9.17) is 0 Å². The second-order valence-corrected chi connectivity index (χ2v) is 10.1. The molecule has 0 saturated carbocycles. The molecule has 1 heterocycles. The van der Waals surface area contributed by atoms with Crippen LogP contribution in [0.25, 0.3) is 0 Å². The Morgan fingerprint density at radius 2 is 1.65 bits per heavy atom. The van der Waals surface area contributed by atoms with Crippen LogP contribution in [0.15, 0.2) is 59.5 Å². The molecule has 1 aliphatic heterocycles. The number of quaternary nitrogens is 1. The van der Waals surface area contributed by atoms with Crippen molar-refractivity contribution in [1.82, 2.24) is 4.31 Å². The summed E-state index contributed by atoms with van der Waals surface area (Å²) in [5.74, 6) is 0. The maximum Gasteiger partial charge on any atom is 0.247 e. The van der Waals surface area contributed by atoms with Crippen LogP contribution in [0, 0.1) is 0 Å². The van der Waals surface area contributed by atoms with Crippen LogP contribution < -0.4 is 4.90 Å². The highest BCUT2D eigenvalue weighted by atomic mass is 32.2. The molecule has 3 rings (SSSR count). The van der Waals surface area contributed by atoms with Gasteiger partial charge >= 0.3 is 0 Å². The number of sulfonamides is 1. The van der Waals surface area contributed by atoms with Crippen molar-refractivity contribution >= 4 is 10.0 Å². The highest BCUT2D eigenvalue weighted by Gasteiger charge is 2.31. The van der Waals surface area contributed by atoms with Crippen LogP contribution in [0.1, 0.15) is 38.3 Å². The predicted molar refractivity (Wildman–Crippen MR) is 104 cm³/mol. The molecule has 0 bridgehead atoms. The van der Waals surface area contributed by atoms with Crippen molar-refractivity contribution in [3.63, 3.8) is 0 Å². The SMILES string of the molecule is CC(C)(C)c1ccc(S(=O)(=O)N2CCC[NH+](Cc3ccccc3)C2)cc1. The number of hydrogen-bond donors (Lipinski definition) is 1. The van der Waals surface area contributed by atoms with E-state index < -0.39 is 10.0 Å². The van der Waals surface area contributed by atoms with E-state index in [1.165, 1.54) is 10.5 Å². The van der Waals surface area contributed by atoms with Gasteiger partial charge in [0.15, 0.2) is 0 Å². The van der Waals surface area contributed by atoms with Gasteiger partial charge in [0, 0.05) is 18.5 Å². The van der Waals surface area contributed by atoms with E-state index in [1.54, 1.807) is 16.4 Å². The summed E-state index contributed by atoms with van der Waals surface area (Å²) < 4.78 is 27.8. The molecule has 26 heavy (non-hydrogen) atoms. The summed E-state index contributed by atoms with van der Waals surface area (Å²) in [6, 6.07) is 17.7. The number of rotatable bonds is 4. The van der Waals surface area contributed by atoms with Gasteiger partial charge in [0.05, 0.1) is 11.4 Å². The maximum atomic E-state index is 13.1. The fourth-order valence-electron chi connectivity index (χ4n) is 3.42. The van der Waals surface area contributed by atoms with E-state index in [-0.39, 0.29) is 5.41 Å². The second-order valence-electron chi connectivity index (χ2n) is 8.13. The Bertz CT molecular complexity index is 825. The van der Waals surface area contributed by atoms with Crippen molar-refractivity contribution < 1.29 is 13.3 Å². The van der Waals surface area contributed by atoms with Crippen molar-refractivity contribution in [1.29, 1.82) is 0 Å². The summed E-state index contributed by atoms with van der Waals surface area (Å²) in [5.41, 5.74) is 2.41. The Labute approximate surface area is 157 Å².